The Morgan fingerprint density at radius 3 is 1.23 bits per heavy atom. The number of aromatic nitrogens is 6. The van der Waals surface area contributed by atoms with Gasteiger partial charge in [0.25, 0.3) is 11.8 Å². The fraction of sp³-hybridized carbons (Fsp3) is 0.565. The molecule has 0 saturated carbocycles. The summed E-state index contributed by atoms with van der Waals surface area (Å²) in [6.07, 6.45) is 5.52. The molecule has 0 aliphatic carbocycles. The van der Waals surface area contributed by atoms with Crippen LogP contribution in [0.3, 0.4) is 0 Å². The van der Waals surface area contributed by atoms with E-state index in [0.717, 1.165) is 16.8 Å². The average Bonchev–Trinajstić information content (AvgIpc) is 3.85. The summed E-state index contributed by atoms with van der Waals surface area (Å²) in [5.74, 6) is 0.216. The van der Waals surface area contributed by atoms with E-state index in [4.69, 9.17) is 14.5 Å². The molecule has 0 aliphatic heterocycles. The summed E-state index contributed by atoms with van der Waals surface area (Å²) in [5, 5.41) is 6.25. The second-order valence-electron chi connectivity index (χ2n) is 20.9. The minimum Gasteiger partial charge on any atom is -0.432 e. The molecule has 4 atom stereocenters. The number of hydrogen-bond donors (Lipinski definition) is 4. The Morgan fingerprint density at radius 2 is 0.871 bits per heavy atom. The van der Waals surface area contributed by atoms with Crippen LogP contribution in [0.15, 0.2) is 49.1 Å². The summed E-state index contributed by atoms with van der Waals surface area (Å²) in [7, 11) is 6.30. The van der Waals surface area contributed by atoms with E-state index in [1.165, 1.54) is 9.80 Å². The second-order valence-corrected chi connectivity index (χ2v) is 20.9. The van der Waals surface area contributed by atoms with Crippen molar-refractivity contribution in [3.63, 3.8) is 0 Å². The number of rotatable bonds is 11. The lowest BCUT2D eigenvalue weighted by molar-refractivity contribution is -0.153. The topological polar surface area (TPSA) is 200 Å². The summed E-state index contributed by atoms with van der Waals surface area (Å²) < 4.78 is 11.6. The molecule has 3 heterocycles. The van der Waals surface area contributed by atoms with Gasteiger partial charge >= 0.3 is 12.2 Å². The molecule has 4 N–H and O–H groups in total. The van der Waals surface area contributed by atoms with Gasteiger partial charge in [0.2, 0.25) is 0 Å². The van der Waals surface area contributed by atoms with Crippen LogP contribution in [0.25, 0.3) is 33.9 Å². The first kappa shape index (κ1) is 48.9. The molecule has 0 radical (unpaired) electrons. The van der Waals surface area contributed by atoms with Gasteiger partial charge < -0.3 is 39.9 Å². The van der Waals surface area contributed by atoms with Gasteiger partial charge in [-0.2, -0.15) is 0 Å². The van der Waals surface area contributed by atoms with Crippen molar-refractivity contribution >= 4 is 24.0 Å². The number of amides is 4. The molecule has 16 heteroatoms. The number of benzene rings is 1. The molecule has 338 valence electrons. The van der Waals surface area contributed by atoms with E-state index in [2.05, 4.69) is 35.6 Å². The third-order valence-corrected chi connectivity index (χ3v) is 11.5. The molecule has 0 spiro atoms. The normalized spacial score (nSPS) is 15.3. The zero-order chi connectivity index (χ0) is 47.0. The fourth-order valence-electron chi connectivity index (χ4n) is 6.22. The number of imidazole rings is 2. The molecule has 4 rings (SSSR count). The molecule has 1 aromatic carbocycles. The quantitative estimate of drug-likeness (QED) is 0.114. The van der Waals surface area contributed by atoms with Gasteiger partial charge in [0.05, 0.1) is 54.0 Å². The molecule has 62 heavy (non-hydrogen) atoms. The van der Waals surface area contributed by atoms with Crippen molar-refractivity contribution in [2.45, 2.75) is 120 Å². The second kappa shape index (κ2) is 17.5. The average molecular weight is 857 g/mol. The Kier molecular flexibility index (Phi) is 13.8. The molecular weight excluding hydrogens is 789 g/mol. The van der Waals surface area contributed by atoms with E-state index < -0.39 is 68.9 Å². The van der Waals surface area contributed by atoms with Gasteiger partial charge in [-0.05, 0) is 30.2 Å². The summed E-state index contributed by atoms with van der Waals surface area (Å²) in [6.45, 7) is 26.4. The zero-order valence-corrected chi connectivity index (χ0v) is 39.9. The molecule has 0 bridgehead atoms. The van der Waals surface area contributed by atoms with Gasteiger partial charge in [0, 0.05) is 44.6 Å². The number of H-pyrrole nitrogens is 2. The standard InChI is InChI=1S/C46H68N10O6/c1-41(2,3)33(53-37(57)45(13,43(7,8)9)61-39(59)55(15)16)35-49-24-30(51-35)28-21-19-27(20-22-28)29-23-48-31(25-47-29)32-26-50-36(52-32)34(42(4,5)6)54-38(58)46(14,44(10,11)12)62-40(60)56(17)18/h19-26,33-34H,1-18H3,(H,49,51)(H,50,52)(H,53,57)(H,54,58)/t33-,34-,45+,46-/m1/s1. The molecule has 4 aromatic rings. The molecule has 3 aromatic heterocycles. The fourth-order valence-corrected chi connectivity index (χ4v) is 6.22. The maximum atomic E-state index is 14.0. The summed E-state index contributed by atoms with van der Waals surface area (Å²) in [5.41, 5.74) is -1.01. The molecule has 0 saturated heterocycles. The van der Waals surface area contributed by atoms with Crippen molar-refractivity contribution < 1.29 is 28.7 Å². The highest BCUT2D eigenvalue weighted by Gasteiger charge is 2.51. The van der Waals surface area contributed by atoms with E-state index in [1.807, 2.05) is 107 Å². The molecule has 0 fully saturated rings. The Morgan fingerprint density at radius 1 is 0.516 bits per heavy atom. The van der Waals surface area contributed by atoms with E-state index in [9.17, 15) is 19.2 Å². The number of hydrogen-bond acceptors (Lipinski definition) is 10. The van der Waals surface area contributed by atoms with Gasteiger partial charge in [-0.25, -0.2) is 19.6 Å². The first-order valence-electron chi connectivity index (χ1n) is 20.8. The van der Waals surface area contributed by atoms with Gasteiger partial charge in [-0.15, -0.1) is 0 Å². The van der Waals surface area contributed by atoms with Crippen molar-refractivity contribution in [2.24, 2.45) is 21.7 Å². The third-order valence-electron chi connectivity index (χ3n) is 11.5. The predicted octanol–water partition coefficient (Wildman–Crippen LogP) is 8.34. The van der Waals surface area contributed by atoms with Crippen LogP contribution < -0.4 is 10.6 Å². The predicted molar refractivity (Wildman–Crippen MR) is 239 cm³/mol. The minimum atomic E-state index is -1.48. The maximum Gasteiger partial charge on any atom is 0.410 e. The van der Waals surface area contributed by atoms with Crippen molar-refractivity contribution in [3.05, 3.63) is 60.7 Å². The lowest BCUT2D eigenvalue weighted by atomic mass is 9.76. The highest BCUT2D eigenvalue weighted by molar-refractivity contribution is 5.89. The van der Waals surface area contributed by atoms with Crippen LogP contribution in [0.5, 0.6) is 0 Å². The number of nitrogens with zero attached hydrogens (tertiary/aromatic N) is 6. The first-order valence-corrected chi connectivity index (χ1v) is 20.8. The maximum absolute atomic E-state index is 14.0. The Bertz CT molecular complexity index is 2060. The van der Waals surface area contributed by atoms with Gasteiger partial charge in [0.15, 0.2) is 11.2 Å². The zero-order valence-electron chi connectivity index (χ0n) is 39.9. The smallest absolute Gasteiger partial charge is 0.410 e. The summed E-state index contributed by atoms with van der Waals surface area (Å²) >= 11 is 0. The first-order chi connectivity index (χ1) is 28.3. The number of nitrogens with one attached hydrogen (secondary N) is 4. The van der Waals surface area contributed by atoms with Crippen LogP contribution in [-0.2, 0) is 19.1 Å². The lowest BCUT2D eigenvalue weighted by Gasteiger charge is -2.42. The van der Waals surface area contributed by atoms with Crippen molar-refractivity contribution in [3.8, 4) is 33.9 Å². The molecule has 16 nitrogen and oxygen atoms in total. The largest absolute Gasteiger partial charge is 0.432 e. The van der Waals surface area contributed by atoms with Gasteiger partial charge in [-0.3, -0.25) is 19.6 Å². The number of aromatic amines is 2. The monoisotopic (exact) mass is 857 g/mol. The third kappa shape index (κ3) is 10.6. The van der Waals surface area contributed by atoms with Crippen LogP contribution in [0.1, 0.15) is 121 Å². The number of carbonyl (C=O) groups is 4. The highest BCUT2D eigenvalue weighted by atomic mass is 16.6. The Labute approximate surface area is 366 Å². The van der Waals surface area contributed by atoms with E-state index in [0.29, 0.717) is 28.7 Å². The highest BCUT2D eigenvalue weighted by Crippen LogP contribution is 2.40. The van der Waals surface area contributed by atoms with Crippen LogP contribution in [0.4, 0.5) is 9.59 Å². The number of carbonyl (C=O) groups excluding carboxylic acids is 4. The van der Waals surface area contributed by atoms with E-state index in [-0.39, 0.29) is 0 Å². The van der Waals surface area contributed by atoms with Crippen molar-refractivity contribution in [2.75, 3.05) is 28.2 Å². The number of ether oxygens (including phenoxy) is 2. The van der Waals surface area contributed by atoms with Gasteiger partial charge in [0.1, 0.15) is 17.3 Å². The Balaban J connectivity index is 1.53. The molecule has 0 aliphatic rings. The Hall–Kier alpha value is -5.80. The van der Waals surface area contributed by atoms with Crippen molar-refractivity contribution in [1.82, 2.24) is 50.3 Å². The SMILES string of the molecule is CN(C)C(=O)O[C@@](C)(C(=O)N[C@H](c1ncc(-c2ccc(-c3cnc(-c4cnc([C@@H](NC(=O)[C@@](C)(OC(=O)N(C)C)C(C)(C)C)C(C)(C)C)[nH]4)cn3)cc2)[nH]1)C(C)(C)C)C(C)(C)C. The minimum absolute atomic E-state index is 0.425. The molecule has 4 amide bonds. The van der Waals surface area contributed by atoms with Crippen LogP contribution >= 0.6 is 0 Å². The van der Waals surface area contributed by atoms with E-state index >= 15 is 0 Å². The van der Waals surface area contributed by atoms with Gasteiger partial charge in [-0.1, -0.05) is 107 Å². The molecular formula is C46H68N10O6. The van der Waals surface area contributed by atoms with Crippen molar-refractivity contribution in [1.29, 1.82) is 0 Å². The summed E-state index contributed by atoms with van der Waals surface area (Å²) in [4.78, 5) is 81.2. The lowest BCUT2D eigenvalue weighted by Crippen LogP contribution is -2.58. The van der Waals surface area contributed by atoms with Crippen LogP contribution in [0.2, 0.25) is 0 Å². The van der Waals surface area contributed by atoms with E-state index in [1.54, 1.807) is 66.8 Å². The van der Waals surface area contributed by atoms with Crippen LogP contribution in [-0.4, -0.2) is 103 Å². The molecule has 0 unspecified atom stereocenters. The van der Waals surface area contributed by atoms with Crippen LogP contribution in [0, 0.1) is 21.7 Å². The summed E-state index contributed by atoms with van der Waals surface area (Å²) in [6, 6.07) is 6.70.